The molecule has 8 aromatic rings. The van der Waals surface area contributed by atoms with Crippen molar-refractivity contribution in [2.75, 3.05) is 48.4 Å². The largest absolute Gasteiger partial charge is 1.00 e. The first-order chi connectivity index (χ1) is 36.5. The van der Waals surface area contributed by atoms with Crippen molar-refractivity contribution in [1.82, 2.24) is 19.4 Å². The summed E-state index contributed by atoms with van der Waals surface area (Å²) in [5, 5.41) is 34.4. The number of amides is 4. The topological polar surface area (TPSA) is 310 Å². The van der Waals surface area contributed by atoms with E-state index < -0.39 is 35.3 Å². The van der Waals surface area contributed by atoms with Crippen LogP contribution in [0.1, 0.15) is 97.2 Å². The van der Waals surface area contributed by atoms with E-state index in [1.165, 1.54) is 36.4 Å². The van der Waals surface area contributed by atoms with Crippen LogP contribution in [0.25, 0.3) is 11.0 Å². The van der Waals surface area contributed by atoms with Crippen LogP contribution in [0.2, 0.25) is 0 Å². The fourth-order valence-electron chi connectivity index (χ4n) is 8.52. The number of rotatable bonds is 21. The van der Waals surface area contributed by atoms with Crippen molar-refractivity contribution in [2.24, 2.45) is 0 Å². The number of hydrogen-bond donors (Lipinski definition) is 6. The minimum absolute atomic E-state index is 0. The maximum Gasteiger partial charge on any atom is 1.00 e. The van der Waals surface area contributed by atoms with Crippen LogP contribution in [0.5, 0.6) is 11.5 Å². The quantitative estimate of drug-likeness (QED) is 0.0199. The molecule has 0 bridgehead atoms. The number of anilines is 4. The Kier molecular flexibility index (Phi) is 19.8. The van der Waals surface area contributed by atoms with E-state index in [2.05, 4.69) is 21.3 Å². The first-order valence-electron chi connectivity index (χ1n) is 23.6. The molecule has 4 amide bonds. The fourth-order valence-corrected chi connectivity index (χ4v) is 8.52. The summed E-state index contributed by atoms with van der Waals surface area (Å²) < 4.78 is 14.9. The number of hydrogen-bond acceptors (Lipinski definition) is 14. The van der Waals surface area contributed by atoms with Gasteiger partial charge in [0.2, 0.25) is 11.8 Å². The van der Waals surface area contributed by atoms with E-state index >= 15 is 0 Å². The molecule has 0 radical (unpaired) electrons. The van der Waals surface area contributed by atoms with Gasteiger partial charge in [0.25, 0.3) is 11.8 Å². The zero-order valence-corrected chi connectivity index (χ0v) is 46.9. The number of nitrogens with zero attached hydrogens (tertiary/aromatic N) is 2. The van der Waals surface area contributed by atoms with Crippen LogP contribution in [0, 0.1) is 13.8 Å². The SMILES string of the molecule is Cc1c(C(=O)c2ccc(N)c(C(=O)[O-])c2)c2ccccn2c1NC(=O)c1cccc(OCCNC(=O)CCC(=O)NCCOc2cccc(C(=O)Nc3c(C)c(C(=O)c4ccc(N)c(C(=O)[O-])c4)c4ccccn34)c2)c1.[Na+].[Na+]. The van der Waals surface area contributed by atoms with Gasteiger partial charge in [-0.15, -0.1) is 0 Å². The molecule has 0 aliphatic carbocycles. The summed E-state index contributed by atoms with van der Waals surface area (Å²) >= 11 is 0. The number of pyridine rings is 2. The van der Waals surface area contributed by atoms with Gasteiger partial charge in [-0.3, -0.25) is 28.8 Å². The molecule has 4 heterocycles. The van der Waals surface area contributed by atoms with Gasteiger partial charge >= 0.3 is 59.1 Å². The van der Waals surface area contributed by atoms with Gasteiger partial charge in [0, 0.05) is 81.1 Å². The van der Waals surface area contributed by atoms with Crippen molar-refractivity contribution < 1.29 is 117 Å². The molecule has 4 aromatic carbocycles. The zero-order valence-electron chi connectivity index (χ0n) is 42.9. The van der Waals surface area contributed by atoms with Gasteiger partial charge in [-0.05, 0) is 111 Å². The zero-order chi connectivity index (χ0) is 54.2. The second-order valence-corrected chi connectivity index (χ2v) is 17.3. The first-order valence-corrected chi connectivity index (χ1v) is 23.6. The Labute approximate surface area is 490 Å². The van der Waals surface area contributed by atoms with Gasteiger partial charge in [0.05, 0.1) is 47.2 Å². The maximum absolute atomic E-state index is 13.8. The second kappa shape index (κ2) is 26.2. The van der Waals surface area contributed by atoms with Gasteiger partial charge in [0.15, 0.2) is 11.6 Å². The summed E-state index contributed by atoms with van der Waals surface area (Å²) in [7, 11) is 0. The van der Waals surface area contributed by atoms with E-state index in [9.17, 15) is 48.6 Å². The Morgan fingerprint density at radius 2 is 0.897 bits per heavy atom. The molecule has 20 nitrogen and oxygen atoms in total. The Morgan fingerprint density at radius 3 is 1.28 bits per heavy atom. The van der Waals surface area contributed by atoms with Gasteiger partial charge < -0.3 is 70.8 Å². The Balaban J connectivity index is 0.00000492. The van der Waals surface area contributed by atoms with E-state index in [0.29, 0.717) is 45.3 Å². The summed E-state index contributed by atoms with van der Waals surface area (Å²) in [5.41, 5.74) is 13.8. The molecule has 0 saturated carbocycles. The minimum Gasteiger partial charge on any atom is -0.545 e. The number of nitrogens with one attached hydrogen (secondary N) is 4. The van der Waals surface area contributed by atoms with Crippen molar-refractivity contribution >= 4 is 81.2 Å². The van der Waals surface area contributed by atoms with Crippen molar-refractivity contribution in [3.63, 3.8) is 0 Å². The number of benzene rings is 4. The summed E-state index contributed by atoms with van der Waals surface area (Å²) in [4.78, 5) is 103. The van der Waals surface area contributed by atoms with E-state index in [1.54, 1.807) is 108 Å². The molecule has 4 aromatic heterocycles. The summed E-state index contributed by atoms with van der Waals surface area (Å²) in [6.07, 6.45) is 3.16. The van der Waals surface area contributed by atoms with Crippen LogP contribution >= 0.6 is 0 Å². The van der Waals surface area contributed by atoms with Crippen molar-refractivity contribution in [3.05, 3.63) is 189 Å². The number of carbonyl (C=O) groups is 8. The van der Waals surface area contributed by atoms with Crippen LogP contribution in [-0.4, -0.2) is 82.2 Å². The predicted molar refractivity (Wildman–Crippen MR) is 277 cm³/mol. The summed E-state index contributed by atoms with van der Waals surface area (Å²) in [5.74, 6) is -4.43. The van der Waals surface area contributed by atoms with Gasteiger partial charge in [-0.1, -0.05) is 24.3 Å². The van der Waals surface area contributed by atoms with Crippen LogP contribution in [-0.2, 0) is 9.59 Å². The predicted octanol–water partition coefficient (Wildman–Crippen LogP) is -1.85. The van der Waals surface area contributed by atoms with E-state index in [-0.39, 0.29) is 166 Å². The molecule has 78 heavy (non-hydrogen) atoms. The monoisotopic (exact) mass is 1070 g/mol. The number of nitrogens with two attached hydrogens (primary N) is 2. The number of ether oxygens (including phenoxy) is 2. The Morgan fingerprint density at radius 1 is 0.500 bits per heavy atom. The average Bonchev–Trinajstić information content (AvgIpc) is 3.97. The molecule has 0 aliphatic heterocycles. The summed E-state index contributed by atoms with van der Waals surface area (Å²) in [6.45, 7) is 3.65. The molecule has 0 spiro atoms. The maximum atomic E-state index is 13.8. The van der Waals surface area contributed by atoms with E-state index in [0.717, 1.165) is 12.1 Å². The van der Waals surface area contributed by atoms with Crippen molar-refractivity contribution in [3.8, 4) is 11.5 Å². The van der Waals surface area contributed by atoms with Crippen LogP contribution in [0.3, 0.4) is 0 Å². The standard InChI is InChI=1S/C56H50N8O12.2Na/c1-31-47(49(67)33-15-17-41(57)39(29-33)55(71)72)43-13-3-5-23-63(43)51(31)61-53(69)35-9-7-11-37(27-35)75-25-21-59-45(65)19-20-46(66)60-22-26-76-38-12-8-10-36(28-38)54(70)62-52-32(2)48(44-14-4-6-24-64(44)52)50(68)34-16-18-42(58)40(30-34)56(73)74;;/h3-18,23-24,27-30H,19-22,25-26,57-58H2,1-2H3,(H,59,65)(H,60,66)(H,61,69)(H,62,70)(H,71,72)(H,73,74);;/q;2*+1/p-2. The third-order valence-electron chi connectivity index (χ3n) is 12.3. The molecule has 8 N–H and O–H groups in total. The summed E-state index contributed by atoms with van der Waals surface area (Å²) in [6, 6.07) is 30.9. The third-order valence-corrected chi connectivity index (χ3v) is 12.3. The number of carboxylic acid groups (broad SMARTS) is 2. The average molecular weight is 1070 g/mol. The third kappa shape index (κ3) is 13.3. The molecular weight excluding hydrogens is 1020 g/mol. The number of aromatic carboxylic acids is 2. The van der Waals surface area contributed by atoms with Crippen LogP contribution < -0.4 is 112 Å². The molecule has 0 saturated heterocycles. The molecule has 386 valence electrons. The molecule has 0 fully saturated rings. The molecule has 0 atom stereocenters. The number of fused-ring (bicyclic) bond motifs is 2. The molecule has 8 rings (SSSR count). The first kappa shape index (κ1) is 59.0. The molecule has 0 unspecified atom stereocenters. The number of ketones is 2. The number of nitrogen functional groups attached to an aromatic ring is 2. The number of carbonyl (C=O) groups excluding carboxylic acids is 8. The molecular formula is C56H48N8Na2O12. The Bertz CT molecular complexity index is 3430. The van der Waals surface area contributed by atoms with E-state index in [1.807, 2.05) is 0 Å². The molecule has 22 heteroatoms. The van der Waals surface area contributed by atoms with Gasteiger partial charge in [-0.25, -0.2) is 0 Å². The van der Waals surface area contributed by atoms with Gasteiger partial charge in [-0.2, -0.15) is 0 Å². The fraction of sp³-hybridized carbons (Fsp3) is 0.143. The minimum atomic E-state index is -1.52. The molecule has 0 aliphatic rings. The van der Waals surface area contributed by atoms with Gasteiger partial charge in [0.1, 0.15) is 36.3 Å². The van der Waals surface area contributed by atoms with Crippen molar-refractivity contribution in [2.45, 2.75) is 26.7 Å². The smallest absolute Gasteiger partial charge is 0.545 e. The number of carboxylic acids is 2. The second-order valence-electron chi connectivity index (χ2n) is 17.3. The van der Waals surface area contributed by atoms with Crippen molar-refractivity contribution in [1.29, 1.82) is 0 Å². The normalized spacial score (nSPS) is 10.6. The van der Waals surface area contributed by atoms with Crippen LogP contribution in [0.4, 0.5) is 23.0 Å². The van der Waals surface area contributed by atoms with E-state index in [4.69, 9.17) is 20.9 Å². The Hall–Kier alpha value is -8.24. The number of aromatic nitrogens is 2. The van der Waals surface area contributed by atoms with Crippen LogP contribution in [0.15, 0.2) is 134 Å².